The Balaban J connectivity index is 2.94. The molecule has 212 valence electrons. The number of alkyl halides is 14. The van der Waals surface area contributed by atoms with Crippen LogP contribution in [0.2, 0.25) is 0 Å². The van der Waals surface area contributed by atoms with Crippen LogP contribution in [0.25, 0.3) is 0 Å². The highest BCUT2D eigenvalue weighted by Gasteiger charge is 2.78. The maximum atomic E-state index is 13.5. The third-order valence-electron chi connectivity index (χ3n) is 5.73. The topological polar surface area (TPSA) is 52.6 Å². The van der Waals surface area contributed by atoms with Crippen molar-refractivity contribution in [3.63, 3.8) is 0 Å². The Hall–Kier alpha value is -2.04. The molecule has 1 saturated carbocycles. The molecule has 4 nitrogen and oxygen atoms in total. The van der Waals surface area contributed by atoms with E-state index in [1.54, 1.807) is 0 Å². The molecule has 0 bridgehead atoms. The maximum Gasteiger partial charge on any atom is 0.460 e. The summed E-state index contributed by atoms with van der Waals surface area (Å²) in [5.74, 6) is -33.8. The predicted molar refractivity (Wildman–Crippen MR) is 88.5 cm³/mol. The van der Waals surface area contributed by atoms with Gasteiger partial charge >= 0.3 is 48.0 Å². The van der Waals surface area contributed by atoms with Gasteiger partial charge in [0.2, 0.25) is 0 Å². The van der Waals surface area contributed by atoms with Crippen molar-refractivity contribution < 1.29 is 80.5 Å². The highest BCUT2D eigenvalue weighted by molar-refractivity contribution is 5.80. The Kier molecular flexibility index (Phi) is 8.05. The number of hydrogen-bond acceptors (Lipinski definition) is 4. The lowest BCUT2D eigenvalue weighted by molar-refractivity contribution is -0.350. The van der Waals surface area contributed by atoms with Crippen LogP contribution in [0.4, 0.5) is 61.5 Å². The van der Waals surface area contributed by atoms with E-state index < -0.39 is 90.8 Å². The second-order valence-electron chi connectivity index (χ2n) is 8.90. The first-order valence-electron chi connectivity index (χ1n) is 9.68. The molecule has 1 rings (SSSR count). The lowest BCUT2D eigenvalue weighted by Crippen LogP contribution is -2.59. The van der Waals surface area contributed by atoms with E-state index in [1.807, 2.05) is 0 Å². The Bertz CT molecular complexity index is 836. The van der Waals surface area contributed by atoms with Crippen molar-refractivity contribution in [2.45, 2.75) is 93.7 Å². The van der Waals surface area contributed by atoms with Crippen LogP contribution in [0.15, 0.2) is 0 Å². The van der Waals surface area contributed by atoms with Gasteiger partial charge < -0.3 is 9.47 Å². The molecule has 1 aliphatic carbocycles. The molecule has 0 aliphatic heterocycles. The van der Waals surface area contributed by atoms with Gasteiger partial charge in [-0.2, -0.15) is 61.5 Å². The molecular formula is C18H18F14O4. The van der Waals surface area contributed by atoms with Crippen LogP contribution in [0.3, 0.4) is 0 Å². The van der Waals surface area contributed by atoms with Gasteiger partial charge in [0, 0.05) is 0 Å². The summed E-state index contributed by atoms with van der Waals surface area (Å²) in [5, 5.41) is 0. The van der Waals surface area contributed by atoms with Crippen molar-refractivity contribution in [1.82, 2.24) is 0 Å². The molecule has 0 unspecified atom stereocenters. The lowest BCUT2D eigenvalue weighted by atomic mass is 9.73. The molecular weight excluding hydrogens is 546 g/mol. The highest BCUT2D eigenvalue weighted by atomic mass is 19.4. The van der Waals surface area contributed by atoms with E-state index in [2.05, 4.69) is 9.47 Å². The van der Waals surface area contributed by atoms with E-state index in [9.17, 15) is 71.1 Å². The average molecular weight is 564 g/mol. The van der Waals surface area contributed by atoms with Gasteiger partial charge in [-0.15, -0.1) is 0 Å². The minimum atomic E-state index is -6.82. The predicted octanol–water partition coefficient (Wildman–Crippen LogP) is 6.47. The summed E-state index contributed by atoms with van der Waals surface area (Å²) in [4.78, 5) is 23.0. The van der Waals surface area contributed by atoms with Crippen molar-refractivity contribution >= 4 is 11.9 Å². The van der Waals surface area contributed by atoms with Crippen LogP contribution in [0, 0.1) is 5.92 Å². The highest BCUT2D eigenvalue weighted by Crippen LogP contribution is 2.50. The Morgan fingerprint density at radius 2 is 1.00 bits per heavy atom. The summed E-state index contributed by atoms with van der Waals surface area (Å²) in [6, 6.07) is 0. The standard InChI is InChI=1S/C18H18F14O4/c1-11(2,35-9(33)13(19,20)15(23,24)17(27,28)29)8-4-6-12(3,7-5-8)36-10(34)14(21,22)16(25,26)18(30,31)32/h8H,4-7H2,1-3H3. The van der Waals surface area contributed by atoms with Crippen LogP contribution in [0.5, 0.6) is 0 Å². The van der Waals surface area contributed by atoms with Gasteiger partial charge in [0.1, 0.15) is 11.2 Å². The largest absolute Gasteiger partial charge is 0.460 e. The molecule has 36 heavy (non-hydrogen) atoms. The second-order valence-corrected chi connectivity index (χ2v) is 8.90. The normalized spacial score (nSPS) is 23.3. The van der Waals surface area contributed by atoms with Crippen LogP contribution in [-0.4, -0.2) is 59.2 Å². The van der Waals surface area contributed by atoms with E-state index in [0.717, 1.165) is 20.8 Å². The molecule has 18 heteroatoms. The molecule has 0 spiro atoms. The number of rotatable bonds is 7. The molecule has 0 radical (unpaired) electrons. The summed E-state index contributed by atoms with van der Waals surface area (Å²) < 4.78 is 188. The van der Waals surface area contributed by atoms with Gasteiger partial charge in [-0.1, -0.05) is 0 Å². The summed E-state index contributed by atoms with van der Waals surface area (Å²) in [6.45, 7) is 2.54. The molecule has 0 N–H and O–H groups in total. The smallest absolute Gasteiger partial charge is 0.455 e. The van der Waals surface area contributed by atoms with Crippen molar-refractivity contribution in [3.05, 3.63) is 0 Å². The Morgan fingerprint density at radius 1 is 0.667 bits per heavy atom. The van der Waals surface area contributed by atoms with E-state index in [-0.39, 0.29) is 0 Å². The zero-order valence-electron chi connectivity index (χ0n) is 18.3. The summed E-state index contributed by atoms with van der Waals surface area (Å²) in [7, 11) is 0. The molecule has 0 atom stereocenters. The van der Waals surface area contributed by atoms with Gasteiger partial charge in [-0.05, 0) is 52.4 Å². The maximum absolute atomic E-state index is 13.5. The van der Waals surface area contributed by atoms with Crippen molar-refractivity contribution in [1.29, 1.82) is 0 Å². The van der Waals surface area contributed by atoms with Crippen LogP contribution < -0.4 is 0 Å². The van der Waals surface area contributed by atoms with Crippen molar-refractivity contribution in [2.24, 2.45) is 5.92 Å². The zero-order chi connectivity index (χ0) is 29.0. The first kappa shape index (κ1) is 32.0. The van der Waals surface area contributed by atoms with Gasteiger partial charge in [-0.25, -0.2) is 9.59 Å². The fourth-order valence-corrected chi connectivity index (χ4v) is 3.31. The summed E-state index contributed by atoms with van der Waals surface area (Å²) in [5.41, 5.74) is -4.27. The third-order valence-corrected chi connectivity index (χ3v) is 5.73. The monoisotopic (exact) mass is 564 g/mol. The average Bonchev–Trinajstić information content (AvgIpc) is 2.65. The molecule has 0 aromatic heterocycles. The second kappa shape index (κ2) is 9.06. The molecule has 0 heterocycles. The number of hydrogen-bond donors (Lipinski definition) is 0. The Labute approximate surface area is 193 Å². The van der Waals surface area contributed by atoms with Gasteiger partial charge in [0.25, 0.3) is 0 Å². The lowest BCUT2D eigenvalue weighted by Gasteiger charge is -2.43. The molecule has 0 amide bonds. The van der Waals surface area contributed by atoms with Crippen molar-refractivity contribution in [3.8, 4) is 0 Å². The van der Waals surface area contributed by atoms with Crippen molar-refractivity contribution in [2.75, 3.05) is 0 Å². The van der Waals surface area contributed by atoms with E-state index >= 15 is 0 Å². The molecule has 0 aromatic rings. The number of ether oxygens (including phenoxy) is 2. The zero-order valence-corrected chi connectivity index (χ0v) is 18.3. The molecule has 1 fully saturated rings. The van der Waals surface area contributed by atoms with E-state index in [1.165, 1.54) is 0 Å². The van der Waals surface area contributed by atoms with E-state index in [0.29, 0.717) is 0 Å². The van der Waals surface area contributed by atoms with Gasteiger partial charge in [-0.3, -0.25) is 0 Å². The fourth-order valence-electron chi connectivity index (χ4n) is 3.31. The minimum Gasteiger partial charge on any atom is -0.455 e. The SMILES string of the molecule is CC1(OC(=O)C(F)(F)C(F)(F)C(F)(F)F)CCC(C(C)(C)OC(=O)C(F)(F)C(F)(F)C(F)(F)F)CC1. The minimum absolute atomic E-state index is 0.452. The van der Waals surface area contributed by atoms with Crippen LogP contribution >= 0.6 is 0 Å². The van der Waals surface area contributed by atoms with Gasteiger partial charge in [0.05, 0.1) is 0 Å². The van der Waals surface area contributed by atoms with Crippen LogP contribution in [-0.2, 0) is 19.1 Å². The number of carbonyl (C=O) groups is 2. The number of carbonyl (C=O) groups excluding carboxylic acids is 2. The Morgan fingerprint density at radius 3 is 1.33 bits per heavy atom. The molecule has 0 aromatic carbocycles. The third kappa shape index (κ3) is 5.60. The molecule has 1 aliphatic rings. The summed E-state index contributed by atoms with van der Waals surface area (Å²) in [6.07, 6.45) is -15.7. The quantitative estimate of drug-likeness (QED) is 0.263. The number of halogens is 14. The molecule has 0 saturated heterocycles. The van der Waals surface area contributed by atoms with Crippen LogP contribution in [0.1, 0.15) is 46.5 Å². The number of esters is 2. The van der Waals surface area contributed by atoms with Gasteiger partial charge in [0.15, 0.2) is 0 Å². The first-order chi connectivity index (χ1) is 15.6. The fraction of sp³-hybridized carbons (Fsp3) is 0.889. The summed E-state index contributed by atoms with van der Waals surface area (Å²) >= 11 is 0. The van der Waals surface area contributed by atoms with E-state index in [4.69, 9.17) is 0 Å². The first-order valence-corrected chi connectivity index (χ1v) is 9.68.